The molecule has 6 nitrogen and oxygen atoms in total. The first kappa shape index (κ1) is 21.1. The number of hydrogen-bond donors (Lipinski definition) is 1. The molecule has 3 rings (SSSR count). The maximum atomic E-state index is 14.2. The van der Waals surface area contributed by atoms with Crippen molar-refractivity contribution in [2.45, 2.75) is 18.4 Å². The number of rotatable bonds is 6. The van der Waals surface area contributed by atoms with Crippen molar-refractivity contribution in [3.05, 3.63) is 59.9 Å². The fourth-order valence-electron chi connectivity index (χ4n) is 3.23. The lowest BCUT2D eigenvalue weighted by molar-refractivity contribution is 0.521. The summed E-state index contributed by atoms with van der Waals surface area (Å²) in [5.41, 5.74) is 8.11. The first-order valence-electron chi connectivity index (χ1n) is 8.88. The average Bonchev–Trinajstić information content (AvgIpc) is 2.93. The highest BCUT2D eigenvalue weighted by Gasteiger charge is 2.22. The molecule has 9 heteroatoms. The molecule has 0 spiro atoms. The van der Waals surface area contributed by atoms with E-state index in [1.165, 1.54) is 32.3 Å². The summed E-state index contributed by atoms with van der Waals surface area (Å²) in [6, 6.07) is 7.71. The number of fused-ring (bicyclic) bond motifs is 1. The molecule has 154 valence electrons. The van der Waals surface area contributed by atoms with Gasteiger partial charge in [-0.15, -0.1) is 0 Å². The van der Waals surface area contributed by atoms with E-state index < -0.39 is 21.7 Å². The van der Waals surface area contributed by atoms with Crippen LogP contribution in [0.25, 0.3) is 22.2 Å². The van der Waals surface area contributed by atoms with Crippen molar-refractivity contribution in [3.63, 3.8) is 0 Å². The molecular formula is C20H22F2N4O2S. The smallest absolute Gasteiger partial charge is 0.242 e. The van der Waals surface area contributed by atoms with Crippen molar-refractivity contribution in [3.8, 4) is 11.1 Å². The molecule has 0 fully saturated rings. The molecule has 0 saturated heterocycles. The molecule has 0 aliphatic rings. The van der Waals surface area contributed by atoms with Gasteiger partial charge in [0.05, 0.1) is 28.7 Å². The Morgan fingerprint density at radius 1 is 1.31 bits per heavy atom. The van der Waals surface area contributed by atoms with Gasteiger partial charge in [0.1, 0.15) is 11.6 Å². The fourth-order valence-corrected chi connectivity index (χ4v) is 4.18. The highest BCUT2D eigenvalue weighted by atomic mass is 32.2. The molecule has 2 N–H and O–H groups in total. The molecule has 1 aromatic carbocycles. The number of aromatic nitrogens is 2. The SMILES string of the molecule is Cc1c(-c2cccc(S(=O)(=O)N(C)C)c2)c2ncc(F)cc2n1C/C(F)=C/CN. The van der Waals surface area contributed by atoms with Crippen molar-refractivity contribution >= 4 is 21.1 Å². The third kappa shape index (κ3) is 3.93. The van der Waals surface area contributed by atoms with E-state index in [1.54, 1.807) is 29.7 Å². The number of nitrogens with two attached hydrogens (primary N) is 1. The van der Waals surface area contributed by atoms with Crippen LogP contribution in [0.5, 0.6) is 0 Å². The predicted molar refractivity (Wildman–Crippen MR) is 109 cm³/mol. The topological polar surface area (TPSA) is 81.2 Å². The van der Waals surface area contributed by atoms with Gasteiger partial charge < -0.3 is 10.3 Å². The van der Waals surface area contributed by atoms with Gasteiger partial charge in [0.25, 0.3) is 0 Å². The van der Waals surface area contributed by atoms with E-state index in [-0.39, 0.29) is 18.0 Å². The summed E-state index contributed by atoms with van der Waals surface area (Å²) in [6.45, 7) is 1.69. The largest absolute Gasteiger partial charge is 0.336 e. The van der Waals surface area contributed by atoms with Crippen LogP contribution in [0, 0.1) is 12.7 Å². The number of sulfonamides is 1. The molecule has 0 amide bonds. The Labute approximate surface area is 168 Å². The minimum atomic E-state index is -3.64. The normalized spacial score (nSPS) is 12.9. The maximum absolute atomic E-state index is 14.2. The Hall–Kier alpha value is -2.62. The number of nitrogens with zero attached hydrogens (tertiary/aromatic N) is 3. The highest BCUT2D eigenvalue weighted by molar-refractivity contribution is 7.89. The lowest BCUT2D eigenvalue weighted by Crippen LogP contribution is -2.22. The molecule has 0 radical (unpaired) electrons. The van der Waals surface area contributed by atoms with E-state index in [0.29, 0.717) is 27.9 Å². The van der Waals surface area contributed by atoms with E-state index in [9.17, 15) is 17.2 Å². The summed E-state index contributed by atoms with van der Waals surface area (Å²) in [7, 11) is -0.728. The fraction of sp³-hybridized carbons (Fsp3) is 0.250. The van der Waals surface area contributed by atoms with Crippen LogP contribution in [0.4, 0.5) is 8.78 Å². The summed E-state index contributed by atoms with van der Waals surface area (Å²) in [5, 5.41) is 0. The second kappa shape index (κ2) is 8.02. The van der Waals surface area contributed by atoms with E-state index in [4.69, 9.17) is 5.73 Å². The van der Waals surface area contributed by atoms with Gasteiger partial charge in [-0.3, -0.25) is 4.98 Å². The third-order valence-corrected chi connectivity index (χ3v) is 6.49. The van der Waals surface area contributed by atoms with Crippen molar-refractivity contribution in [2.75, 3.05) is 20.6 Å². The van der Waals surface area contributed by atoms with E-state index in [1.807, 2.05) is 0 Å². The standard InChI is InChI=1S/C20H22F2N4O2S/c1-13-19(14-5-4-6-17(9-14)29(27,28)25(2)3)20-18(10-16(22)11-24-20)26(13)12-15(21)7-8-23/h4-7,9-11H,8,12,23H2,1-3H3/b15-7-. The van der Waals surface area contributed by atoms with Crippen molar-refractivity contribution < 1.29 is 17.2 Å². The van der Waals surface area contributed by atoms with Crippen LogP contribution in [0.3, 0.4) is 0 Å². The van der Waals surface area contributed by atoms with E-state index in [2.05, 4.69) is 4.98 Å². The second-order valence-electron chi connectivity index (χ2n) is 6.77. The molecule has 0 saturated carbocycles. The zero-order valence-electron chi connectivity index (χ0n) is 16.4. The Morgan fingerprint density at radius 3 is 2.69 bits per heavy atom. The van der Waals surface area contributed by atoms with E-state index in [0.717, 1.165) is 10.5 Å². The van der Waals surface area contributed by atoms with Gasteiger partial charge in [-0.1, -0.05) is 12.1 Å². The van der Waals surface area contributed by atoms with Crippen LogP contribution in [-0.4, -0.2) is 42.9 Å². The zero-order chi connectivity index (χ0) is 21.3. The Kier molecular flexibility index (Phi) is 5.83. The number of hydrogen-bond acceptors (Lipinski definition) is 4. The summed E-state index contributed by atoms with van der Waals surface area (Å²) in [4.78, 5) is 4.32. The highest BCUT2D eigenvalue weighted by Crippen LogP contribution is 2.35. The second-order valence-corrected chi connectivity index (χ2v) is 8.92. The molecule has 2 heterocycles. The van der Waals surface area contributed by atoms with Crippen LogP contribution >= 0.6 is 0 Å². The zero-order valence-corrected chi connectivity index (χ0v) is 17.2. The summed E-state index contributed by atoms with van der Waals surface area (Å²) < 4.78 is 55.8. The molecule has 0 bridgehead atoms. The Bertz CT molecular complexity index is 1200. The van der Waals surface area contributed by atoms with Crippen LogP contribution < -0.4 is 5.73 Å². The lowest BCUT2D eigenvalue weighted by Gasteiger charge is -2.12. The molecular weight excluding hydrogens is 398 g/mol. The molecule has 29 heavy (non-hydrogen) atoms. The quantitative estimate of drug-likeness (QED) is 0.664. The van der Waals surface area contributed by atoms with Crippen molar-refractivity contribution in [1.82, 2.24) is 13.9 Å². The first-order valence-corrected chi connectivity index (χ1v) is 10.3. The van der Waals surface area contributed by atoms with Crippen LogP contribution in [0.15, 0.2) is 53.3 Å². The molecule has 3 aromatic rings. The van der Waals surface area contributed by atoms with Gasteiger partial charge >= 0.3 is 0 Å². The number of pyridine rings is 1. The molecule has 0 aliphatic heterocycles. The minimum Gasteiger partial charge on any atom is -0.336 e. The minimum absolute atomic E-state index is 0.0496. The van der Waals surface area contributed by atoms with Gasteiger partial charge in [0.15, 0.2) is 0 Å². The van der Waals surface area contributed by atoms with Gasteiger partial charge in [-0.25, -0.2) is 21.5 Å². The average molecular weight is 420 g/mol. The van der Waals surface area contributed by atoms with Gasteiger partial charge in [-0.2, -0.15) is 0 Å². The number of halogens is 2. The van der Waals surface area contributed by atoms with Crippen molar-refractivity contribution in [2.24, 2.45) is 5.73 Å². The van der Waals surface area contributed by atoms with E-state index >= 15 is 0 Å². The predicted octanol–water partition coefficient (Wildman–Crippen LogP) is 3.21. The van der Waals surface area contributed by atoms with Gasteiger partial charge in [0.2, 0.25) is 10.0 Å². The van der Waals surface area contributed by atoms with Crippen LogP contribution in [0.1, 0.15) is 5.69 Å². The van der Waals surface area contributed by atoms with Gasteiger partial charge in [-0.05, 0) is 30.7 Å². The first-order chi connectivity index (χ1) is 13.7. The molecule has 0 aliphatic carbocycles. The van der Waals surface area contributed by atoms with Crippen molar-refractivity contribution in [1.29, 1.82) is 0 Å². The molecule has 0 atom stereocenters. The van der Waals surface area contributed by atoms with Crippen LogP contribution in [0.2, 0.25) is 0 Å². The maximum Gasteiger partial charge on any atom is 0.242 e. The summed E-state index contributed by atoms with van der Waals surface area (Å²) >= 11 is 0. The summed E-state index contributed by atoms with van der Waals surface area (Å²) in [5.74, 6) is -0.998. The molecule has 0 unspecified atom stereocenters. The lowest BCUT2D eigenvalue weighted by atomic mass is 10.1. The monoisotopic (exact) mass is 420 g/mol. The molecule has 2 aromatic heterocycles. The third-order valence-electron chi connectivity index (χ3n) is 4.68. The Balaban J connectivity index is 2.26. The van der Waals surface area contributed by atoms with Gasteiger partial charge in [0, 0.05) is 38.0 Å². The Morgan fingerprint density at radius 2 is 2.03 bits per heavy atom. The summed E-state index contributed by atoms with van der Waals surface area (Å²) in [6.07, 6.45) is 2.34. The number of benzene rings is 1. The number of allylic oxidation sites excluding steroid dienone is 1. The van der Waals surface area contributed by atoms with Crippen LogP contribution in [-0.2, 0) is 16.6 Å².